The standard InChI is InChI=1S/C17H21N3O/c1-12-5-6-14(16-4-3-8-18-17(12)16)10-20-9-7-15(11-20)19-13(2)21/h3-6,8,15H,7,9-11H2,1-2H3,(H,19,21)/t15-/m0/s1. The molecule has 110 valence electrons. The van der Waals surface area contributed by atoms with E-state index in [1.54, 1.807) is 6.92 Å². The summed E-state index contributed by atoms with van der Waals surface area (Å²) >= 11 is 0. The van der Waals surface area contributed by atoms with Crippen LogP contribution in [0.1, 0.15) is 24.5 Å². The molecule has 1 aromatic carbocycles. The molecule has 1 saturated heterocycles. The van der Waals surface area contributed by atoms with Gasteiger partial charge in [0.25, 0.3) is 0 Å². The number of nitrogens with zero attached hydrogens (tertiary/aromatic N) is 2. The third-order valence-corrected chi connectivity index (χ3v) is 4.14. The van der Waals surface area contributed by atoms with Crippen LogP contribution >= 0.6 is 0 Å². The third-order valence-electron chi connectivity index (χ3n) is 4.14. The summed E-state index contributed by atoms with van der Waals surface area (Å²) in [6.45, 7) is 6.55. The number of hydrogen-bond donors (Lipinski definition) is 1. The molecule has 0 unspecified atom stereocenters. The first kappa shape index (κ1) is 14.0. The van der Waals surface area contributed by atoms with Crippen LogP contribution in [0.5, 0.6) is 0 Å². The molecule has 1 atom stereocenters. The monoisotopic (exact) mass is 283 g/mol. The zero-order chi connectivity index (χ0) is 14.8. The average molecular weight is 283 g/mol. The summed E-state index contributed by atoms with van der Waals surface area (Å²) in [5.74, 6) is 0.0619. The van der Waals surface area contributed by atoms with Gasteiger partial charge in [-0.1, -0.05) is 18.2 Å². The smallest absolute Gasteiger partial charge is 0.217 e. The molecule has 4 nitrogen and oxygen atoms in total. The Bertz CT molecular complexity index is 668. The van der Waals surface area contributed by atoms with Crippen LogP contribution < -0.4 is 5.32 Å². The molecular weight excluding hydrogens is 262 g/mol. The van der Waals surface area contributed by atoms with Gasteiger partial charge in [-0.3, -0.25) is 14.7 Å². The summed E-state index contributed by atoms with van der Waals surface area (Å²) in [6, 6.07) is 8.77. The van der Waals surface area contributed by atoms with E-state index in [1.807, 2.05) is 12.3 Å². The van der Waals surface area contributed by atoms with Gasteiger partial charge >= 0.3 is 0 Å². The molecule has 0 aliphatic carbocycles. The number of aryl methyl sites for hydroxylation is 1. The molecule has 1 aliphatic rings. The van der Waals surface area contributed by atoms with E-state index >= 15 is 0 Å². The van der Waals surface area contributed by atoms with Crippen LogP contribution in [0.25, 0.3) is 10.9 Å². The van der Waals surface area contributed by atoms with E-state index in [0.29, 0.717) is 0 Å². The molecule has 0 saturated carbocycles. The zero-order valence-corrected chi connectivity index (χ0v) is 12.6. The summed E-state index contributed by atoms with van der Waals surface area (Å²) in [5, 5.41) is 4.25. The van der Waals surface area contributed by atoms with Crippen molar-refractivity contribution in [3.8, 4) is 0 Å². The van der Waals surface area contributed by atoms with Gasteiger partial charge in [0.05, 0.1) is 5.52 Å². The highest BCUT2D eigenvalue weighted by molar-refractivity contribution is 5.84. The van der Waals surface area contributed by atoms with E-state index in [0.717, 1.165) is 31.6 Å². The Kier molecular flexibility index (Phi) is 3.88. The highest BCUT2D eigenvalue weighted by Crippen LogP contribution is 2.23. The van der Waals surface area contributed by atoms with Crippen molar-refractivity contribution in [2.45, 2.75) is 32.9 Å². The van der Waals surface area contributed by atoms with Crippen LogP contribution in [0, 0.1) is 6.92 Å². The first-order valence-corrected chi connectivity index (χ1v) is 7.46. The zero-order valence-electron chi connectivity index (χ0n) is 12.6. The average Bonchev–Trinajstić information content (AvgIpc) is 2.89. The topological polar surface area (TPSA) is 45.2 Å². The predicted octanol–water partition coefficient (Wildman–Crippen LogP) is 2.25. The van der Waals surface area contributed by atoms with Gasteiger partial charge in [-0.05, 0) is 30.5 Å². The quantitative estimate of drug-likeness (QED) is 0.939. The molecule has 0 bridgehead atoms. The van der Waals surface area contributed by atoms with Crippen molar-refractivity contribution in [1.82, 2.24) is 15.2 Å². The number of pyridine rings is 1. The molecule has 1 fully saturated rings. The highest BCUT2D eigenvalue weighted by Gasteiger charge is 2.23. The van der Waals surface area contributed by atoms with Crippen LogP contribution in [0.4, 0.5) is 0 Å². The summed E-state index contributed by atoms with van der Waals surface area (Å²) < 4.78 is 0. The van der Waals surface area contributed by atoms with Crippen molar-refractivity contribution in [3.63, 3.8) is 0 Å². The van der Waals surface area contributed by atoms with Gasteiger partial charge in [0.1, 0.15) is 0 Å². The summed E-state index contributed by atoms with van der Waals surface area (Å²) in [5.41, 5.74) is 3.62. The van der Waals surface area contributed by atoms with Gasteiger partial charge in [0, 0.05) is 44.2 Å². The number of benzene rings is 1. The Morgan fingerprint density at radius 2 is 2.29 bits per heavy atom. The number of rotatable bonds is 3. The lowest BCUT2D eigenvalue weighted by atomic mass is 10.0. The number of nitrogens with one attached hydrogen (secondary N) is 1. The number of carbonyl (C=O) groups is 1. The normalized spacial score (nSPS) is 19.0. The number of amides is 1. The second-order valence-corrected chi connectivity index (χ2v) is 5.86. The van der Waals surface area contributed by atoms with Gasteiger partial charge in [0.2, 0.25) is 5.91 Å². The molecule has 3 rings (SSSR count). The number of fused-ring (bicyclic) bond motifs is 1. The molecule has 0 radical (unpaired) electrons. The van der Waals surface area contributed by atoms with Gasteiger partial charge in [-0.25, -0.2) is 0 Å². The Morgan fingerprint density at radius 3 is 3.10 bits per heavy atom. The second kappa shape index (κ2) is 5.82. The van der Waals surface area contributed by atoms with Gasteiger partial charge in [-0.2, -0.15) is 0 Å². The summed E-state index contributed by atoms with van der Waals surface area (Å²) in [7, 11) is 0. The Balaban J connectivity index is 1.77. The van der Waals surface area contributed by atoms with Crippen LogP contribution in [0.3, 0.4) is 0 Å². The first-order valence-electron chi connectivity index (χ1n) is 7.46. The Labute approximate surface area is 125 Å². The maximum Gasteiger partial charge on any atom is 0.217 e. The molecule has 0 spiro atoms. The minimum atomic E-state index is 0.0619. The number of carbonyl (C=O) groups excluding carboxylic acids is 1. The summed E-state index contributed by atoms with van der Waals surface area (Å²) in [4.78, 5) is 18.0. The number of aromatic nitrogens is 1. The number of hydrogen-bond acceptors (Lipinski definition) is 3. The molecule has 2 aromatic rings. The third kappa shape index (κ3) is 3.05. The van der Waals surface area contributed by atoms with Crippen LogP contribution in [0.2, 0.25) is 0 Å². The second-order valence-electron chi connectivity index (χ2n) is 5.86. The maximum atomic E-state index is 11.1. The van der Waals surface area contributed by atoms with Crippen molar-refractivity contribution >= 4 is 16.8 Å². The van der Waals surface area contributed by atoms with Gasteiger partial charge in [-0.15, -0.1) is 0 Å². The Hall–Kier alpha value is -1.94. The van der Waals surface area contributed by atoms with Crippen LogP contribution in [-0.4, -0.2) is 34.9 Å². The summed E-state index contributed by atoms with van der Waals surface area (Å²) in [6.07, 6.45) is 2.88. The molecule has 1 amide bonds. The van der Waals surface area contributed by atoms with E-state index in [2.05, 4.69) is 40.3 Å². The van der Waals surface area contributed by atoms with E-state index in [1.165, 1.54) is 16.5 Å². The minimum Gasteiger partial charge on any atom is -0.352 e. The first-order chi connectivity index (χ1) is 10.1. The van der Waals surface area contributed by atoms with E-state index in [-0.39, 0.29) is 11.9 Å². The van der Waals surface area contributed by atoms with Crippen molar-refractivity contribution in [1.29, 1.82) is 0 Å². The van der Waals surface area contributed by atoms with E-state index in [4.69, 9.17) is 0 Å². The SMILES string of the molecule is CC(=O)N[C@H]1CCN(Cc2ccc(C)c3ncccc23)C1. The van der Waals surface area contributed by atoms with Gasteiger partial charge < -0.3 is 5.32 Å². The highest BCUT2D eigenvalue weighted by atomic mass is 16.1. The van der Waals surface area contributed by atoms with Crippen LogP contribution in [0.15, 0.2) is 30.5 Å². The lowest BCUT2D eigenvalue weighted by Crippen LogP contribution is -2.35. The van der Waals surface area contributed by atoms with E-state index in [9.17, 15) is 4.79 Å². The minimum absolute atomic E-state index is 0.0619. The van der Waals surface area contributed by atoms with Crippen molar-refractivity contribution < 1.29 is 4.79 Å². The largest absolute Gasteiger partial charge is 0.352 e. The molecule has 1 aromatic heterocycles. The van der Waals surface area contributed by atoms with Crippen molar-refractivity contribution in [2.75, 3.05) is 13.1 Å². The lowest BCUT2D eigenvalue weighted by Gasteiger charge is -2.18. The number of likely N-dealkylation sites (tertiary alicyclic amines) is 1. The molecule has 2 heterocycles. The fourth-order valence-corrected chi connectivity index (χ4v) is 3.13. The molecule has 4 heteroatoms. The van der Waals surface area contributed by atoms with Gasteiger partial charge in [0.15, 0.2) is 0 Å². The van der Waals surface area contributed by atoms with E-state index < -0.39 is 0 Å². The maximum absolute atomic E-state index is 11.1. The molecule has 1 aliphatic heterocycles. The lowest BCUT2D eigenvalue weighted by molar-refractivity contribution is -0.119. The van der Waals surface area contributed by atoms with Crippen molar-refractivity contribution in [2.24, 2.45) is 0 Å². The van der Waals surface area contributed by atoms with Crippen molar-refractivity contribution in [3.05, 3.63) is 41.6 Å². The predicted molar refractivity (Wildman–Crippen MR) is 84.0 cm³/mol. The van der Waals surface area contributed by atoms with Crippen LogP contribution in [-0.2, 0) is 11.3 Å². The molecule has 21 heavy (non-hydrogen) atoms. The fourth-order valence-electron chi connectivity index (χ4n) is 3.13. The Morgan fingerprint density at radius 1 is 1.43 bits per heavy atom. The molecule has 1 N–H and O–H groups in total. The fraction of sp³-hybridized carbons (Fsp3) is 0.412. The molecular formula is C17H21N3O.